The van der Waals surface area contributed by atoms with Crippen LogP contribution >= 0.6 is 0 Å². The first kappa shape index (κ1) is 34.3. The topological polar surface area (TPSA) is 85.3 Å². The van der Waals surface area contributed by atoms with Gasteiger partial charge in [0.15, 0.2) is 11.2 Å². The third kappa shape index (κ3) is 11.2. The molecular formula is C32H59N5O3. The Labute approximate surface area is 242 Å². The number of aryl methyl sites for hydroxylation is 2. The van der Waals surface area contributed by atoms with Crippen LogP contribution in [0.2, 0.25) is 0 Å². The third-order valence-corrected chi connectivity index (χ3v) is 8.41. The molecule has 2 rings (SSSR count). The SMILES string of the molecule is CCCCCCCCCCCCCCCCCCN(C)C(CCCC(C)O)n1c(=O)c2c(ncn2C)n(C)c1=O. The summed E-state index contributed by atoms with van der Waals surface area (Å²) in [4.78, 5) is 33.2. The van der Waals surface area contributed by atoms with E-state index in [0.717, 1.165) is 25.8 Å². The maximum Gasteiger partial charge on any atom is 0.333 e. The Balaban J connectivity index is 1.75. The van der Waals surface area contributed by atoms with Crippen LogP contribution in [0.4, 0.5) is 0 Å². The summed E-state index contributed by atoms with van der Waals surface area (Å²) in [6.07, 6.45) is 24.2. The summed E-state index contributed by atoms with van der Waals surface area (Å²) in [5, 5.41) is 9.78. The van der Waals surface area contributed by atoms with E-state index < -0.39 is 6.10 Å². The number of unbranched alkanes of at least 4 members (excludes halogenated alkanes) is 15. The molecule has 2 heterocycles. The molecule has 0 saturated carbocycles. The largest absolute Gasteiger partial charge is 0.393 e. The summed E-state index contributed by atoms with van der Waals surface area (Å²) in [7, 11) is 5.47. The van der Waals surface area contributed by atoms with Crippen LogP contribution in [0.15, 0.2) is 15.9 Å². The summed E-state index contributed by atoms with van der Waals surface area (Å²) in [6, 6.07) is 0. The Morgan fingerprint density at radius 3 is 1.80 bits per heavy atom. The van der Waals surface area contributed by atoms with E-state index in [9.17, 15) is 14.7 Å². The van der Waals surface area contributed by atoms with E-state index >= 15 is 0 Å². The van der Waals surface area contributed by atoms with Crippen LogP contribution in [0.1, 0.15) is 142 Å². The Kier molecular flexibility index (Phi) is 16.5. The Bertz CT molecular complexity index is 1070. The van der Waals surface area contributed by atoms with Gasteiger partial charge in [-0.05, 0) is 46.2 Å². The van der Waals surface area contributed by atoms with Crippen LogP contribution in [0.3, 0.4) is 0 Å². The van der Waals surface area contributed by atoms with E-state index in [0.29, 0.717) is 24.0 Å². The fraction of sp³-hybridized carbons (Fsp3) is 0.844. The number of rotatable bonds is 23. The van der Waals surface area contributed by atoms with E-state index in [-0.39, 0.29) is 17.4 Å². The summed E-state index contributed by atoms with van der Waals surface area (Å²) < 4.78 is 4.56. The van der Waals surface area contributed by atoms with Crippen LogP contribution in [-0.4, -0.2) is 48.4 Å². The number of hydrogen-bond donors (Lipinski definition) is 1. The standard InChI is InChI=1S/C32H59N5O3/c1-6-7-8-9-10-11-12-13-14-15-16-17-18-19-20-21-25-34(3)28(24-22-23-27(2)38)37-31(39)29-30(33-26-35(29)4)36(5)32(37)40/h26-28,38H,6-25H2,1-5H3. The molecule has 2 atom stereocenters. The quantitative estimate of drug-likeness (QED) is 0.153. The fourth-order valence-electron chi connectivity index (χ4n) is 5.83. The summed E-state index contributed by atoms with van der Waals surface area (Å²) in [5.41, 5.74) is 0.228. The van der Waals surface area contributed by atoms with Crippen molar-refractivity contribution < 1.29 is 5.11 Å². The van der Waals surface area contributed by atoms with Gasteiger partial charge in [-0.3, -0.25) is 14.3 Å². The highest BCUT2D eigenvalue weighted by molar-refractivity contribution is 5.69. The second kappa shape index (κ2) is 19.2. The molecule has 0 spiro atoms. The minimum atomic E-state index is -0.398. The first-order chi connectivity index (χ1) is 19.3. The molecule has 0 amide bonds. The molecule has 0 aliphatic carbocycles. The summed E-state index contributed by atoms with van der Waals surface area (Å²) >= 11 is 0. The molecule has 0 bridgehead atoms. The average Bonchev–Trinajstić information content (AvgIpc) is 3.32. The number of aliphatic hydroxyl groups is 1. The van der Waals surface area contributed by atoms with Crippen molar-refractivity contribution in [1.82, 2.24) is 23.6 Å². The molecule has 0 radical (unpaired) electrons. The maximum atomic E-state index is 13.5. The molecule has 40 heavy (non-hydrogen) atoms. The van der Waals surface area contributed by atoms with E-state index in [1.165, 1.54) is 99.0 Å². The van der Waals surface area contributed by atoms with Gasteiger partial charge in [-0.15, -0.1) is 0 Å². The highest BCUT2D eigenvalue weighted by atomic mass is 16.3. The molecule has 0 fully saturated rings. The number of nitrogens with zero attached hydrogens (tertiary/aromatic N) is 5. The first-order valence-corrected chi connectivity index (χ1v) is 16.3. The molecule has 1 N–H and O–H groups in total. The Morgan fingerprint density at radius 2 is 1.30 bits per heavy atom. The van der Waals surface area contributed by atoms with Crippen LogP contribution in [0.25, 0.3) is 11.2 Å². The molecular weight excluding hydrogens is 502 g/mol. The predicted octanol–water partition coefficient (Wildman–Crippen LogP) is 6.68. The van der Waals surface area contributed by atoms with Crippen molar-refractivity contribution in [2.75, 3.05) is 13.6 Å². The lowest BCUT2D eigenvalue weighted by Gasteiger charge is -2.30. The minimum Gasteiger partial charge on any atom is -0.393 e. The molecule has 8 heteroatoms. The molecule has 2 aromatic heterocycles. The summed E-state index contributed by atoms with van der Waals surface area (Å²) in [6.45, 7) is 4.89. The zero-order valence-electron chi connectivity index (χ0n) is 26.4. The van der Waals surface area contributed by atoms with Crippen molar-refractivity contribution in [1.29, 1.82) is 0 Å². The highest BCUT2D eigenvalue weighted by Crippen LogP contribution is 2.20. The van der Waals surface area contributed by atoms with Crippen LogP contribution < -0.4 is 11.2 Å². The molecule has 0 aliphatic heterocycles. The van der Waals surface area contributed by atoms with Crippen LogP contribution in [0, 0.1) is 0 Å². The average molecular weight is 562 g/mol. The number of aliphatic hydroxyl groups excluding tert-OH is 1. The van der Waals surface area contributed by atoms with Crippen LogP contribution in [-0.2, 0) is 14.1 Å². The second-order valence-corrected chi connectivity index (χ2v) is 12.1. The minimum absolute atomic E-state index is 0.293. The van der Waals surface area contributed by atoms with Gasteiger partial charge < -0.3 is 9.67 Å². The lowest BCUT2D eigenvalue weighted by Crippen LogP contribution is -2.47. The van der Waals surface area contributed by atoms with E-state index in [1.807, 2.05) is 7.05 Å². The zero-order chi connectivity index (χ0) is 29.3. The van der Waals surface area contributed by atoms with Gasteiger partial charge in [0, 0.05) is 14.1 Å². The zero-order valence-corrected chi connectivity index (χ0v) is 26.4. The van der Waals surface area contributed by atoms with E-state index in [2.05, 4.69) is 16.8 Å². The molecule has 0 aliphatic rings. The monoisotopic (exact) mass is 561 g/mol. The molecule has 0 saturated heterocycles. The lowest BCUT2D eigenvalue weighted by molar-refractivity contribution is 0.134. The summed E-state index contributed by atoms with van der Waals surface area (Å²) in [5.74, 6) is 0. The molecule has 2 unspecified atom stereocenters. The van der Waals surface area contributed by atoms with E-state index in [1.54, 1.807) is 31.9 Å². The predicted molar refractivity (Wildman–Crippen MR) is 167 cm³/mol. The maximum absolute atomic E-state index is 13.5. The normalized spacial score (nSPS) is 13.5. The number of hydrogen-bond acceptors (Lipinski definition) is 5. The Morgan fingerprint density at radius 1 is 0.800 bits per heavy atom. The van der Waals surface area contributed by atoms with Crippen molar-refractivity contribution in [3.05, 3.63) is 27.2 Å². The Hall–Kier alpha value is -1.93. The van der Waals surface area contributed by atoms with Gasteiger partial charge in [0.1, 0.15) is 0 Å². The van der Waals surface area contributed by atoms with Crippen molar-refractivity contribution in [3.63, 3.8) is 0 Å². The molecule has 8 nitrogen and oxygen atoms in total. The molecule has 0 aromatic carbocycles. The molecule has 2 aromatic rings. The first-order valence-electron chi connectivity index (χ1n) is 16.3. The number of fused-ring (bicyclic) bond motifs is 1. The van der Waals surface area contributed by atoms with Crippen LogP contribution in [0.5, 0.6) is 0 Å². The molecule has 230 valence electrons. The van der Waals surface area contributed by atoms with Gasteiger partial charge in [0.25, 0.3) is 5.56 Å². The van der Waals surface area contributed by atoms with Crippen molar-refractivity contribution in [2.45, 2.75) is 148 Å². The van der Waals surface area contributed by atoms with E-state index in [4.69, 9.17) is 0 Å². The smallest absolute Gasteiger partial charge is 0.333 e. The third-order valence-electron chi connectivity index (χ3n) is 8.41. The van der Waals surface area contributed by atoms with Crippen molar-refractivity contribution in [2.24, 2.45) is 14.1 Å². The van der Waals surface area contributed by atoms with Crippen molar-refractivity contribution in [3.8, 4) is 0 Å². The number of imidazole rings is 1. The second-order valence-electron chi connectivity index (χ2n) is 12.1. The van der Waals surface area contributed by atoms with Gasteiger partial charge in [0.2, 0.25) is 0 Å². The van der Waals surface area contributed by atoms with Gasteiger partial charge in [-0.1, -0.05) is 103 Å². The fourth-order valence-corrected chi connectivity index (χ4v) is 5.83. The van der Waals surface area contributed by atoms with Crippen molar-refractivity contribution >= 4 is 11.2 Å². The van der Waals surface area contributed by atoms with Gasteiger partial charge in [-0.25, -0.2) is 14.3 Å². The van der Waals surface area contributed by atoms with Gasteiger partial charge in [0.05, 0.1) is 18.6 Å². The van der Waals surface area contributed by atoms with Gasteiger partial charge in [-0.2, -0.15) is 0 Å². The lowest BCUT2D eigenvalue weighted by atomic mass is 10.0. The van der Waals surface area contributed by atoms with Gasteiger partial charge >= 0.3 is 5.69 Å². The highest BCUT2D eigenvalue weighted by Gasteiger charge is 2.24. The number of aromatic nitrogens is 4.